The Labute approximate surface area is 162 Å². The number of hydrogen-bond donors (Lipinski definition) is 0. The Morgan fingerprint density at radius 3 is 2.12 bits per heavy atom. The highest BCUT2D eigenvalue weighted by Gasteiger charge is 2.29. The van der Waals surface area contributed by atoms with Crippen molar-refractivity contribution in [3.63, 3.8) is 0 Å². The van der Waals surface area contributed by atoms with Crippen LogP contribution in [0.1, 0.15) is 93.8 Å². The molecule has 1 aromatic rings. The molecular weight excluding hydrogens is 339 g/mol. The molecule has 0 fully saturated rings. The smallest absolute Gasteiger partial charge is 0.242 e. The first kappa shape index (κ1) is 23.0. The van der Waals surface area contributed by atoms with Gasteiger partial charge in [0.05, 0.1) is 0 Å². The third kappa shape index (κ3) is 6.95. The number of benzene rings is 1. The van der Waals surface area contributed by atoms with Gasteiger partial charge in [-0.15, -0.1) is 0 Å². The molecule has 0 N–H and O–H groups in total. The van der Waals surface area contributed by atoms with E-state index in [0.717, 1.165) is 48.8 Å². The zero-order valence-electron chi connectivity index (χ0n) is 18.1. The first-order valence-corrected chi connectivity index (χ1v) is 11.4. The van der Waals surface area contributed by atoms with Crippen LogP contribution in [0.25, 0.3) is 0 Å². The molecule has 0 heterocycles. The first-order chi connectivity index (χ1) is 12.0. The van der Waals surface area contributed by atoms with Crippen molar-refractivity contribution in [2.75, 3.05) is 0 Å². The molecule has 1 rings (SSSR count). The molecule has 0 aliphatic carbocycles. The van der Waals surface area contributed by atoms with Crippen LogP contribution in [0.2, 0.25) is 0 Å². The minimum Gasteiger partial charge on any atom is -0.281 e. The lowest BCUT2D eigenvalue weighted by molar-refractivity contribution is 0.107. The van der Waals surface area contributed by atoms with E-state index in [-0.39, 0.29) is 16.6 Å². The summed E-state index contributed by atoms with van der Waals surface area (Å²) in [7, 11) is -1.90. The van der Waals surface area contributed by atoms with Crippen molar-refractivity contribution < 1.29 is 9.36 Å². The maximum absolute atomic E-state index is 13.2. The molecule has 3 unspecified atom stereocenters. The molecule has 26 heavy (non-hydrogen) atoms. The number of carbonyl (C=O) groups excluding carboxylic acids is 1. The number of rotatable bonds is 9. The van der Waals surface area contributed by atoms with Gasteiger partial charge in [-0.05, 0) is 62.5 Å². The molecule has 0 saturated heterocycles. The van der Waals surface area contributed by atoms with Gasteiger partial charge < -0.3 is 0 Å². The van der Waals surface area contributed by atoms with Gasteiger partial charge >= 0.3 is 0 Å². The van der Waals surface area contributed by atoms with Crippen LogP contribution >= 0.6 is 7.80 Å². The summed E-state index contributed by atoms with van der Waals surface area (Å²) in [6, 6.07) is 4.04. The van der Waals surface area contributed by atoms with Crippen molar-refractivity contribution in [3.8, 4) is 0 Å². The van der Waals surface area contributed by atoms with Crippen molar-refractivity contribution in [1.82, 2.24) is 0 Å². The number of unbranched alkanes of at least 4 members (excludes halogenated alkanes) is 1. The van der Waals surface area contributed by atoms with E-state index < -0.39 is 7.80 Å². The molecule has 1 radical (unpaired) electrons. The Balaban J connectivity index is 3.03. The molecule has 0 aliphatic heterocycles. The van der Waals surface area contributed by atoms with Gasteiger partial charge in [0.2, 0.25) is 5.52 Å². The fraction of sp³-hybridized carbons (Fsp3) is 0.696. The lowest BCUT2D eigenvalue weighted by Crippen LogP contribution is -2.17. The van der Waals surface area contributed by atoms with E-state index in [4.69, 9.17) is 0 Å². The quantitative estimate of drug-likeness (QED) is 0.415. The Morgan fingerprint density at radius 1 is 1.12 bits per heavy atom. The van der Waals surface area contributed by atoms with Gasteiger partial charge in [-0.2, -0.15) is 0 Å². The summed E-state index contributed by atoms with van der Waals surface area (Å²) in [5, 5.41) is 0. The molecule has 0 aromatic heterocycles. The van der Waals surface area contributed by atoms with Crippen LogP contribution in [0.5, 0.6) is 0 Å². The standard InChI is InChI=1S/C23H38O2P/c1-9-10-11-20(14-17(3)15-23(6,7)8)26(25)22(24)21-18(4)12-16(2)13-19(21)5/h12-13,17,20H,9-11,14-15H2,1-8H3. The summed E-state index contributed by atoms with van der Waals surface area (Å²) in [5.41, 5.74) is 3.85. The largest absolute Gasteiger partial charge is 0.281 e. The summed E-state index contributed by atoms with van der Waals surface area (Å²) < 4.78 is 13.2. The predicted molar refractivity (Wildman–Crippen MR) is 114 cm³/mol. The molecule has 3 atom stereocenters. The van der Waals surface area contributed by atoms with Gasteiger partial charge in [-0.3, -0.25) is 9.36 Å². The van der Waals surface area contributed by atoms with Gasteiger partial charge in [0.25, 0.3) is 0 Å². The maximum Gasteiger partial charge on any atom is 0.242 e. The van der Waals surface area contributed by atoms with E-state index in [1.54, 1.807) is 0 Å². The van der Waals surface area contributed by atoms with E-state index in [1.807, 2.05) is 32.9 Å². The fourth-order valence-electron chi connectivity index (χ4n) is 4.16. The first-order valence-electron chi connectivity index (χ1n) is 10.0. The zero-order valence-corrected chi connectivity index (χ0v) is 19.0. The molecule has 1 aromatic carbocycles. The van der Waals surface area contributed by atoms with Crippen LogP contribution < -0.4 is 0 Å². The van der Waals surface area contributed by atoms with Crippen molar-refractivity contribution in [1.29, 1.82) is 0 Å². The number of aryl methyl sites for hydroxylation is 3. The Morgan fingerprint density at radius 2 is 1.65 bits per heavy atom. The topological polar surface area (TPSA) is 34.1 Å². The second-order valence-corrected chi connectivity index (χ2v) is 11.1. The highest BCUT2D eigenvalue weighted by molar-refractivity contribution is 7.65. The highest BCUT2D eigenvalue weighted by Crippen LogP contribution is 2.42. The molecule has 2 nitrogen and oxygen atoms in total. The highest BCUT2D eigenvalue weighted by atomic mass is 31.1. The van der Waals surface area contributed by atoms with Crippen molar-refractivity contribution in [2.45, 2.75) is 93.2 Å². The minimum absolute atomic E-state index is 0.00472. The van der Waals surface area contributed by atoms with Crippen LogP contribution in [0.4, 0.5) is 0 Å². The molecule has 0 saturated carbocycles. The average Bonchev–Trinajstić information content (AvgIpc) is 2.47. The van der Waals surface area contributed by atoms with Crippen molar-refractivity contribution in [2.24, 2.45) is 11.3 Å². The third-order valence-electron chi connectivity index (χ3n) is 4.95. The van der Waals surface area contributed by atoms with Crippen LogP contribution in [0.3, 0.4) is 0 Å². The van der Waals surface area contributed by atoms with Crippen LogP contribution in [0, 0.1) is 32.1 Å². The summed E-state index contributed by atoms with van der Waals surface area (Å²) in [6.45, 7) is 17.1. The molecule has 147 valence electrons. The van der Waals surface area contributed by atoms with Gasteiger partial charge in [0, 0.05) is 11.2 Å². The van der Waals surface area contributed by atoms with E-state index in [0.29, 0.717) is 11.5 Å². The van der Waals surface area contributed by atoms with E-state index >= 15 is 0 Å². The summed E-state index contributed by atoms with van der Waals surface area (Å²) in [5.74, 6) is 0.476. The van der Waals surface area contributed by atoms with Gasteiger partial charge in [-0.25, -0.2) is 0 Å². The summed E-state index contributed by atoms with van der Waals surface area (Å²) in [6.07, 6.45) is 4.96. The molecule has 3 heteroatoms. The van der Waals surface area contributed by atoms with Crippen LogP contribution in [-0.2, 0) is 4.57 Å². The second-order valence-electron chi connectivity index (χ2n) is 9.31. The molecule has 0 amide bonds. The third-order valence-corrected chi connectivity index (χ3v) is 6.71. The SMILES string of the molecule is CCCCC(CC(C)CC(C)(C)C)[P](=O)C(=O)c1c(C)cc(C)cc1C. The Hall–Kier alpha value is -1.01. The second kappa shape index (κ2) is 9.79. The van der Waals surface area contributed by atoms with E-state index in [9.17, 15) is 9.36 Å². The van der Waals surface area contributed by atoms with Crippen LogP contribution in [-0.4, -0.2) is 11.2 Å². The normalized spacial score (nSPS) is 14.8. The van der Waals surface area contributed by atoms with Crippen molar-refractivity contribution in [3.05, 3.63) is 34.4 Å². The Kier molecular flexibility index (Phi) is 8.67. The number of carbonyl (C=O) groups is 1. The molecule has 0 bridgehead atoms. The predicted octanol–water partition coefficient (Wildman–Crippen LogP) is 7.60. The van der Waals surface area contributed by atoms with Gasteiger partial charge in [0.15, 0.2) is 0 Å². The monoisotopic (exact) mass is 377 g/mol. The van der Waals surface area contributed by atoms with Crippen molar-refractivity contribution >= 4 is 13.3 Å². The fourth-order valence-corrected chi connectivity index (χ4v) is 6.03. The lowest BCUT2D eigenvalue weighted by atomic mass is 9.83. The van der Waals surface area contributed by atoms with E-state index in [1.165, 1.54) is 0 Å². The molecular formula is C23H38O2P. The average molecular weight is 378 g/mol. The van der Waals surface area contributed by atoms with Gasteiger partial charge in [-0.1, -0.05) is 65.2 Å². The number of hydrogen-bond acceptors (Lipinski definition) is 2. The van der Waals surface area contributed by atoms with Crippen LogP contribution in [0.15, 0.2) is 12.1 Å². The van der Waals surface area contributed by atoms with Gasteiger partial charge in [0.1, 0.15) is 7.80 Å². The molecule has 0 spiro atoms. The lowest BCUT2D eigenvalue weighted by Gasteiger charge is -2.26. The zero-order chi connectivity index (χ0) is 20.1. The van der Waals surface area contributed by atoms with E-state index in [2.05, 4.69) is 34.6 Å². The maximum atomic E-state index is 13.2. The molecule has 0 aliphatic rings. The summed E-state index contributed by atoms with van der Waals surface area (Å²) >= 11 is 0. The summed E-state index contributed by atoms with van der Waals surface area (Å²) in [4.78, 5) is 13.1. The Bertz CT molecular complexity index is 617. The minimum atomic E-state index is -1.90.